The zero-order chi connectivity index (χ0) is 15.6. The molecule has 0 spiro atoms. The highest BCUT2D eigenvalue weighted by Crippen LogP contribution is 2.34. The number of hydrogen-bond donors (Lipinski definition) is 1. The van der Waals surface area contributed by atoms with Crippen molar-refractivity contribution in [3.63, 3.8) is 0 Å². The first-order chi connectivity index (χ1) is 11.3. The third-order valence-electron chi connectivity index (χ3n) is 4.41. The Morgan fingerprint density at radius 2 is 1.96 bits per heavy atom. The molecular formula is C18H20N2O2S. The van der Waals surface area contributed by atoms with Gasteiger partial charge in [-0.3, -0.25) is 0 Å². The average Bonchev–Trinajstić information content (AvgIpc) is 2.58. The Hall–Kier alpha value is -1.85. The average molecular weight is 328 g/mol. The standard InChI is InChI=1S/C18H20N2O2S/c21-23(15-4-2-1-3-5-15)16-6-7-17-18(10-16)22-9-8-20(17)13-14-11-19-12-14/h1-7,10,14,19H,8-9,11-13H2. The third kappa shape index (κ3) is 2.99. The molecule has 120 valence electrons. The molecule has 0 amide bonds. The minimum atomic E-state index is -1.17. The minimum Gasteiger partial charge on any atom is -0.490 e. The fourth-order valence-electron chi connectivity index (χ4n) is 3.03. The largest absolute Gasteiger partial charge is 0.490 e. The normalized spacial score (nSPS) is 18.7. The number of nitrogens with one attached hydrogen (secondary N) is 1. The Morgan fingerprint density at radius 3 is 2.70 bits per heavy atom. The van der Waals surface area contributed by atoms with Crippen LogP contribution in [0.1, 0.15) is 0 Å². The van der Waals surface area contributed by atoms with E-state index < -0.39 is 10.8 Å². The van der Waals surface area contributed by atoms with Gasteiger partial charge in [-0.05, 0) is 30.3 Å². The highest BCUT2D eigenvalue weighted by molar-refractivity contribution is 7.85. The van der Waals surface area contributed by atoms with E-state index >= 15 is 0 Å². The summed E-state index contributed by atoms with van der Waals surface area (Å²) in [4.78, 5) is 4.00. The van der Waals surface area contributed by atoms with Crippen LogP contribution in [0.2, 0.25) is 0 Å². The number of fused-ring (bicyclic) bond motifs is 1. The fourth-order valence-corrected chi connectivity index (χ4v) is 4.11. The SMILES string of the molecule is O=S(c1ccccc1)c1ccc2c(c1)OCCN2CC1CNC1. The van der Waals surface area contributed by atoms with Gasteiger partial charge in [0.15, 0.2) is 0 Å². The first-order valence-corrected chi connectivity index (χ1v) is 9.15. The van der Waals surface area contributed by atoms with Gasteiger partial charge in [0.2, 0.25) is 0 Å². The van der Waals surface area contributed by atoms with E-state index in [2.05, 4.69) is 16.3 Å². The topological polar surface area (TPSA) is 41.6 Å². The van der Waals surface area contributed by atoms with Crippen molar-refractivity contribution < 1.29 is 8.95 Å². The highest BCUT2D eigenvalue weighted by Gasteiger charge is 2.25. The summed E-state index contributed by atoms with van der Waals surface area (Å²) in [5.41, 5.74) is 1.12. The van der Waals surface area contributed by atoms with Gasteiger partial charge in [-0.15, -0.1) is 0 Å². The molecule has 2 aliphatic heterocycles. The van der Waals surface area contributed by atoms with Gasteiger partial charge in [0, 0.05) is 35.3 Å². The monoisotopic (exact) mass is 328 g/mol. The van der Waals surface area contributed by atoms with E-state index in [1.807, 2.05) is 42.5 Å². The summed E-state index contributed by atoms with van der Waals surface area (Å²) in [7, 11) is -1.17. The van der Waals surface area contributed by atoms with Gasteiger partial charge in [0.05, 0.1) is 23.0 Å². The van der Waals surface area contributed by atoms with Crippen LogP contribution in [0, 0.1) is 5.92 Å². The lowest BCUT2D eigenvalue weighted by molar-refractivity contribution is 0.288. The van der Waals surface area contributed by atoms with E-state index in [0.717, 1.165) is 53.3 Å². The molecule has 0 saturated carbocycles. The van der Waals surface area contributed by atoms with E-state index in [-0.39, 0.29) is 0 Å². The van der Waals surface area contributed by atoms with E-state index in [4.69, 9.17) is 4.74 Å². The van der Waals surface area contributed by atoms with Gasteiger partial charge < -0.3 is 15.0 Å². The van der Waals surface area contributed by atoms with Gasteiger partial charge in [-0.25, -0.2) is 4.21 Å². The van der Waals surface area contributed by atoms with Gasteiger partial charge in [0.1, 0.15) is 12.4 Å². The smallest absolute Gasteiger partial charge is 0.143 e. The van der Waals surface area contributed by atoms with Crippen LogP contribution in [0.4, 0.5) is 5.69 Å². The second kappa shape index (κ2) is 6.34. The zero-order valence-corrected chi connectivity index (χ0v) is 13.7. The van der Waals surface area contributed by atoms with Crippen molar-refractivity contribution >= 4 is 16.5 Å². The number of nitrogens with zero attached hydrogens (tertiary/aromatic N) is 1. The lowest BCUT2D eigenvalue weighted by Gasteiger charge is -2.37. The molecule has 0 radical (unpaired) electrons. The lowest BCUT2D eigenvalue weighted by atomic mass is 10.0. The van der Waals surface area contributed by atoms with Crippen LogP contribution in [0.25, 0.3) is 0 Å². The fraction of sp³-hybridized carbons (Fsp3) is 0.333. The van der Waals surface area contributed by atoms with Gasteiger partial charge in [0.25, 0.3) is 0 Å². The molecular weight excluding hydrogens is 308 g/mol. The molecule has 1 atom stereocenters. The summed E-state index contributed by atoms with van der Waals surface area (Å²) in [5.74, 6) is 1.57. The molecule has 5 heteroatoms. The Bertz CT molecular complexity index is 716. The summed E-state index contributed by atoms with van der Waals surface area (Å²) >= 11 is 0. The van der Waals surface area contributed by atoms with Crippen LogP contribution in [0.5, 0.6) is 5.75 Å². The highest BCUT2D eigenvalue weighted by atomic mass is 32.2. The molecule has 0 aromatic heterocycles. The first-order valence-electron chi connectivity index (χ1n) is 8.00. The van der Waals surface area contributed by atoms with Crippen LogP contribution in [-0.4, -0.2) is 37.0 Å². The second-order valence-corrected chi connectivity index (χ2v) is 7.51. The molecule has 2 heterocycles. The molecule has 0 aliphatic carbocycles. The van der Waals surface area contributed by atoms with Crippen molar-refractivity contribution in [1.82, 2.24) is 5.32 Å². The molecule has 2 aromatic carbocycles. The van der Waals surface area contributed by atoms with Crippen LogP contribution in [0.3, 0.4) is 0 Å². The quantitative estimate of drug-likeness (QED) is 0.935. The molecule has 4 nitrogen and oxygen atoms in total. The molecule has 0 bridgehead atoms. The van der Waals surface area contributed by atoms with Gasteiger partial charge in [-0.1, -0.05) is 18.2 Å². The number of hydrogen-bond acceptors (Lipinski definition) is 4. The van der Waals surface area contributed by atoms with E-state index in [1.54, 1.807) is 0 Å². The molecule has 1 unspecified atom stereocenters. The summed E-state index contributed by atoms with van der Waals surface area (Å²) in [5, 5.41) is 3.32. The van der Waals surface area contributed by atoms with Crippen molar-refractivity contribution in [1.29, 1.82) is 0 Å². The maximum absolute atomic E-state index is 12.7. The van der Waals surface area contributed by atoms with E-state index in [0.29, 0.717) is 6.61 Å². The lowest BCUT2D eigenvalue weighted by Crippen LogP contribution is -2.49. The number of benzene rings is 2. The Labute approximate surface area is 138 Å². The van der Waals surface area contributed by atoms with Crippen molar-refractivity contribution in [3.05, 3.63) is 48.5 Å². The maximum Gasteiger partial charge on any atom is 0.143 e. The van der Waals surface area contributed by atoms with Crippen molar-refractivity contribution in [2.75, 3.05) is 37.7 Å². The summed E-state index contributed by atoms with van der Waals surface area (Å²) in [6.07, 6.45) is 0. The molecule has 23 heavy (non-hydrogen) atoms. The van der Waals surface area contributed by atoms with Crippen LogP contribution < -0.4 is 15.0 Å². The molecule has 2 aromatic rings. The Kier molecular flexibility index (Phi) is 4.06. The van der Waals surface area contributed by atoms with Crippen molar-refractivity contribution in [2.45, 2.75) is 9.79 Å². The van der Waals surface area contributed by atoms with Crippen LogP contribution in [-0.2, 0) is 10.8 Å². The Balaban J connectivity index is 1.59. The zero-order valence-electron chi connectivity index (χ0n) is 12.9. The van der Waals surface area contributed by atoms with Crippen LogP contribution >= 0.6 is 0 Å². The van der Waals surface area contributed by atoms with Gasteiger partial charge >= 0.3 is 0 Å². The second-order valence-electron chi connectivity index (χ2n) is 6.03. The van der Waals surface area contributed by atoms with E-state index in [1.165, 1.54) is 0 Å². The van der Waals surface area contributed by atoms with Crippen LogP contribution in [0.15, 0.2) is 58.3 Å². The number of ether oxygens (including phenoxy) is 1. The molecule has 4 rings (SSSR count). The first kappa shape index (κ1) is 14.7. The van der Waals surface area contributed by atoms with Gasteiger partial charge in [-0.2, -0.15) is 0 Å². The molecule has 1 N–H and O–H groups in total. The maximum atomic E-state index is 12.7. The summed E-state index contributed by atoms with van der Waals surface area (Å²) < 4.78 is 18.5. The molecule has 1 fully saturated rings. The third-order valence-corrected chi connectivity index (χ3v) is 5.79. The predicted molar refractivity (Wildman–Crippen MR) is 91.6 cm³/mol. The van der Waals surface area contributed by atoms with Crippen molar-refractivity contribution in [3.8, 4) is 5.75 Å². The Morgan fingerprint density at radius 1 is 1.13 bits per heavy atom. The number of anilines is 1. The minimum absolute atomic E-state index is 0.689. The van der Waals surface area contributed by atoms with E-state index in [9.17, 15) is 4.21 Å². The predicted octanol–water partition coefficient (Wildman–Crippen LogP) is 2.27. The molecule has 2 aliphatic rings. The number of rotatable bonds is 4. The molecule has 1 saturated heterocycles. The summed E-state index contributed by atoms with van der Waals surface area (Å²) in [6, 6.07) is 15.5. The van der Waals surface area contributed by atoms with Crippen molar-refractivity contribution in [2.24, 2.45) is 5.92 Å². The summed E-state index contributed by atoms with van der Waals surface area (Å²) in [6.45, 7) is 4.87.